The summed E-state index contributed by atoms with van der Waals surface area (Å²) in [5.74, 6) is -2.77. The van der Waals surface area contributed by atoms with E-state index >= 15 is 4.39 Å². The number of hydrogen-bond donors (Lipinski definition) is 3. The summed E-state index contributed by atoms with van der Waals surface area (Å²) >= 11 is 0. The maximum absolute atomic E-state index is 15.7. The van der Waals surface area contributed by atoms with E-state index < -0.39 is 38.8 Å². The smallest absolute Gasteiger partial charge is 0.262 e. The summed E-state index contributed by atoms with van der Waals surface area (Å²) in [4.78, 5) is 26.0. The van der Waals surface area contributed by atoms with Gasteiger partial charge >= 0.3 is 0 Å². The normalized spacial score (nSPS) is 13.0. The van der Waals surface area contributed by atoms with E-state index in [-0.39, 0.29) is 27.7 Å². The van der Waals surface area contributed by atoms with Gasteiger partial charge in [-0.25, -0.2) is 41.2 Å². The molecule has 1 aliphatic heterocycles. The third-order valence-electron chi connectivity index (χ3n) is 7.49. The van der Waals surface area contributed by atoms with Crippen LogP contribution in [-0.4, -0.2) is 58.7 Å². The average molecular weight is 652 g/mol. The maximum Gasteiger partial charge on any atom is 0.262 e. The Kier molecular flexibility index (Phi) is 8.20. The van der Waals surface area contributed by atoms with Gasteiger partial charge in [-0.05, 0) is 56.2 Å². The second-order valence-electron chi connectivity index (χ2n) is 10.6. The number of halogens is 3. The van der Waals surface area contributed by atoms with E-state index in [1.54, 1.807) is 16.8 Å². The average Bonchev–Trinajstić information content (AvgIpc) is 3.47. The summed E-state index contributed by atoms with van der Waals surface area (Å²) in [6, 6.07) is 8.67. The molecule has 12 nitrogen and oxygen atoms in total. The lowest BCUT2D eigenvalue weighted by atomic mass is 10.1. The first-order chi connectivity index (χ1) is 22.0. The molecule has 46 heavy (non-hydrogen) atoms. The van der Waals surface area contributed by atoms with E-state index in [9.17, 15) is 22.0 Å². The highest BCUT2D eigenvalue weighted by Gasteiger charge is 2.24. The van der Waals surface area contributed by atoms with E-state index in [1.807, 2.05) is 6.20 Å². The molecule has 1 aliphatic rings. The molecule has 5 aromatic rings. The van der Waals surface area contributed by atoms with Gasteiger partial charge in [0.2, 0.25) is 5.91 Å². The molecule has 238 valence electrons. The number of rotatable bonds is 9. The molecule has 0 unspecified atom stereocenters. The zero-order valence-corrected chi connectivity index (χ0v) is 25.5. The van der Waals surface area contributed by atoms with E-state index in [4.69, 9.17) is 5.10 Å². The van der Waals surface area contributed by atoms with Crippen LogP contribution >= 0.6 is 0 Å². The fraction of sp³-hybridized carbons (Fsp3) is 0.233. The van der Waals surface area contributed by atoms with Gasteiger partial charge in [0, 0.05) is 32.1 Å². The van der Waals surface area contributed by atoms with Crippen molar-refractivity contribution in [1.82, 2.24) is 30.0 Å². The fourth-order valence-electron chi connectivity index (χ4n) is 5.21. The van der Waals surface area contributed by atoms with Crippen molar-refractivity contribution in [3.63, 3.8) is 0 Å². The Bertz CT molecular complexity index is 2090. The summed E-state index contributed by atoms with van der Waals surface area (Å²) in [6.45, 7) is 4.65. The predicted molar refractivity (Wildman–Crippen MR) is 165 cm³/mol. The van der Waals surface area contributed by atoms with Crippen LogP contribution in [0.5, 0.6) is 0 Å². The number of carbonyl (C=O) groups excluding carboxylic acids is 1. The predicted octanol–water partition coefficient (Wildman–Crippen LogP) is 4.37. The topological polar surface area (TPSA) is 147 Å². The van der Waals surface area contributed by atoms with Crippen LogP contribution in [0.25, 0.3) is 16.9 Å². The molecule has 3 N–H and O–H groups in total. The van der Waals surface area contributed by atoms with Crippen molar-refractivity contribution in [3.05, 3.63) is 83.7 Å². The summed E-state index contributed by atoms with van der Waals surface area (Å²) < 4.78 is 74.4. The summed E-state index contributed by atoms with van der Waals surface area (Å²) in [7, 11) is -4.43. The van der Waals surface area contributed by atoms with Crippen LogP contribution in [-0.2, 0) is 21.2 Å². The van der Waals surface area contributed by atoms with Gasteiger partial charge in [-0.15, -0.1) is 0 Å². The molecule has 2 aromatic carbocycles. The first-order valence-electron chi connectivity index (χ1n) is 14.2. The SMILES string of the molecule is CC(=O)NCCN1CCCc2nn(-c3ccc4ncnc(Nc5c(F)ccc(NS(=O)(=O)c6cccc(F)c6C)c5F)c4n3)cc21. The number of benzene rings is 2. The molecule has 1 amide bonds. The second-order valence-corrected chi connectivity index (χ2v) is 12.3. The van der Waals surface area contributed by atoms with Crippen LogP contribution in [0.15, 0.2) is 59.9 Å². The standard InChI is InChI=1S/C30H28F3N9O3S/c1-17-19(31)5-3-7-25(17)46(44,45)40-22-9-8-20(32)28(27(22)33)38-30-29-23(35-16-36-30)10-11-26(37-29)42-15-24-21(39-42)6-4-13-41(24)14-12-34-18(2)43/h3,5,7-11,15-16,40H,4,6,12-14H2,1-2H3,(H,34,43)(H,35,36,38). The van der Waals surface area contributed by atoms with Crippen LogP contribution in [0.4, 0.5) is 36.1 Å². The van der Waals surface area contributed by atoms with Gasteiger partial charge in [0.25, 0.3) is 10.0 Å². The summed E-state index contributed by atoms with van der Waals surface area (Å²) in [5.41, 5.74) is 0.928. The fourth-order valence-corrected chi connectivity index (χ4v) is 6.52. The minimum absolute atomic E-state index is 0.0421. The van der Waals surface area contributed by atoms with Crippen LogP contribution in [0.2, 0.25) is 0 Å². The number of pyridine rings is 1. The first kappa shape index (κ1) is 30.8. The zero-order valence-electron chi connectivity index (χ0n) is 24.7. The Morgan fingerprint density at radius 1 is 1.04 bits per heavy atom. The Morgan fingerprint density at radius 3 is 2.67 bits per heavy atom. The number of aryl methyl sites for hydroxylation is 1. The number of sulfonamides is 1. The van der Waals surface area contributed by atoms with Gasteiger partial charge in [0.05, 0.1) is 33.7 Å². The highest BCUT2D eigenvalue weighted by Crippen LogP contribution is 2.32. The van der Waals surface area contributed by atoms with E-state index in [2.05, 4.69) is 35.2 Å². The highest BCUT2D eigenvalue weighted by molar-refractivity contribution is 7.92. The highest BCUT2D eigenvalue weighted by atomic mass is 32.2. The minimum Gasteiger partial charge on any atom is -0.367 e. The number of nitrogens with one attached hydrogen (secondary N) is 3. The van der Waals surface area contributed by atoms with Crippen molar-refractivity contribution in [2.75, 3.05) is 34.6 Å². The third-order valence-corrected chi connectivity index (χ3v) is 9.00. The number of carbonyl (C=O) groups is 1. The molecule has 0 radical (unpaired) electrons. The van der Waals surface area contributed by atoms with Gasteiger partial charge in [0.15, 0.2) is 17.5 Å². The van der Waals surface area contributed by atoms with Crippen molar-refractivity contribution in [3.8, 4) is 5.82 Å². The Morgan fingerprint density at radius 2 is 1.87 bits per heavy atom. The van der Waals surface area contributed by atoms with Crippen molar-refractivity contribution in [2.24, 2.45) is 0 Å². The molecule has 0 spiro atoms. The lowest BCUT2D eigenvalue weighted by molar-refractivity contribution is -0.118. The van der Waals surface area contributed by atoms with Crippen LogP contribution < -0.4 is 20.3 Å². The monoisotopic (exact) mass is 651 g/mol. The Balaban J connectivity index is 1.31. The first-order valence-corrected chi connectivity index (χ1v) is 15.7. The largest absolute Gasteiger partial charge is 0.367 e. The molecule has 16 heteroatoms. The molecule has 0 bridgehead atoms. The number of aromatic nitrogens is 5. The molecular weight excluding hydrogens is 623 g/mol. The van der Waals surface area contributed by atoms with Gasteiger partial charge in [-0.2, -0.15) is 5.10 Å². The molecule has 0 saturated heterocycles. The molecule has 0 fully saturated rings. The lowest BCUT2D eigenvalue weighted by Crippen LogP contribution is -2.36. The van der Waals surface area contributed by atoms with Crippen LogP contribution in [0.1, 0.15) is 24.6 Å². The van der Waals surface area contributed by atoms with E-state index in [1.165, 1.54) is 32.3 Å². The minimum atomic E-state index is -4.43. The van der Waals surface area contributed by atoms with Crippen molar-refractivity contribution >= 4 is 49.8 Å². The number of anilines is 4. The van der Waals surface area contributed by atoms with Crippen molar-refractivity contribution in [2.45, 2.75) is 31.6 Å². The molecule has 4 heterocycles. The van der Waals surface area contributed by atoms with Gasteiger partial charge < -0.3 is 15.5 Å². The summed E-state index contributed by atoms with van der Waals surface area (Å²) in [5, 5.41) is 10.1. The quantitative estimate of drug-likeness (QED) is 0.211. The summed E-state index contributed by atoms with van der Waals surface area (Å²) in [6.07, 6.45) is 4.69. The van der Waals surface area contributed by atoms with E-state index in [0.29, 0.717) is 24.4 Å². The van der Waals surface area contributed by atoms with Gasteiger partial charge in [0.1, 0.15) is 29.2 Å². The Labute approximate surface area is 261 Å². The molecular formula is C30H28F3N9O3S. The zero-order chi connectivity index (χ0) is 32.6. The molecule has 0 saturated carbocycles. The maximum atomic E-state index is 15.7. The van der Waals surface area contributed by atoms with Crippen molar-refractivity contribution < 1.29 is 26.4 Å². The van der Waals surface area contributed by atoms with Gasteiger partial charge in [-0.3, -0.25) is 9.52 Å². The molecule has 6 rings (SSSR count). The third kappa shape index (κ3) is 6.02. The molecule has 0 atom stereocenters. The van der Waals surface area contributed by atoms with Crippen LogP contribution in [0, 0.1) is 24.4 Å². The number of fused-ring (bicyclic) bond motifs is 2. The molecule has 0 aliphatic carbocycles. The Hall–Kier alpha value is -5.25. The molecule has 3 aromatic heterocycles. The van der Waals surface area contributed by atoms with Crippen LogP contribution in [0.3, 0.4) is 0 Å². The van der Waals surface area contributed by atoms with Crippen molar-refractivity contribution in [1.29, 1.82) is 0 Å². The van der Waals surface area contributed by atoms with E-state index in [0.717, 1.165) is 49.0 Å². The number of nitrogens with zero attached hydrogens (tertiary/aromatic N) is 6. The number of hydrogen-bond acceptors (Lipinski definition) is 9. The lowest BCUT2D eigenvalue weighted by Gasteiger charge is -2.27. The second kappa shape index (κ2) is 12.3. The van der Waals surface area contributed by atoms with Gasteiger partial charge in [-0.1, -0.05) is 6.07 Å². The number of amides is 1.